The highest BCUT2D eigenvalue weighted by Gasteiger charge is 2.21. The van der Waals surface area contributed by atoms with E-state index < -0.39 is 10.8 Å². The first-order valence-corrected chi connectivity index (χ1v) is 9.06. The van der Waals surface area contributed by atoms with E-state index in [1.807, 2.05) is 6.92 Å². The molecule has 6 nitrogen and oxygen atoms in total. The van der Waals surface area contributed by atoms with Crippen molar-refractivity contribution < 1.29 is 9.00 Å². The molecule has 1 aliphatic rings. The number of carbonyl (C=O) groups excluding carboxylic acids is 1. The maximum absolute atomic E-state index is 12.0. The van der Waals surface area contributed by atoms with Crippen LogP contribution in [0.1, 0.15) is 35.9 Å². The number of amides is 1. The molecule has 1 aromatic heterocycles. The molecule has 0 aliphatic heterocycles. The summed E-state index contributed by atoms with van der Waals surface area (Å²) in [5, 5.41) is 6.71. The number of nitrogens with two attached hydrogens (primary N) is 1. The topological polar surface area (TPSA) is 97.1 Å². The Kier molecular flexibility index (Phi) is 5.36. The molecule has 0 bridgehead atoms. The van der Waals surface area contributed by atoms with Gasteiger partial charge in [0.1, 0.15) is 10.7 Å². The first-order valence-electron chi connectivity index (χ1n) is 6.76. The third-order valence-corrected chi connectivity index (χ3v) is 5.53. The van der Waals surface area contributed by atoms with E-state index in [4.69, 9.17) is 5.73 Å². The second-order valence-corrected chi connectivity index (χ2v) is 7.56. The molecule has 4 N–H and O–H groups in total. The first kappa shape index (κ1) is 15.2. The summed E-state index contributed by atoms with van der Waals surface area (Å²) < 4.78 is 11.3. The lowest BCUT2D eigenvalue weighted by Gasteiger charge is -2.25. The summed E-state index contributed by atoms with van der Waals surface area (Å²) in [7, 11) is -0.872. The molecule has 2 rings (SSSR count). The lowest BCUT2D eigenvalue weighted by atomic mass is 9.93. The Hall–Kier alpha value is -1.15. The fraction of sp³-hybridized carbons (Fsp3) is 0.667. The van der Waals surface area contributed by atoms with Crippen molar-refractivity contribution in [2.24, 2.45) is 0 Å². The molecule has 1 atom stereocenters. The van der Waals surface area contributed by atoms with E-state index in [0.717, 1.165) is 12.8 Å². The summed E-state index contributed by atoms with van der Waals surface area (Å²) in [6.45, 7) is 2.25. The standard InChI is InChI=1S/C12H20N4O2S2/c1-2-20(18)7-6-14-11(17)9-10(13)16-12(19-9)15-8-4-3-5-8/h8H,2-7,13H2,1H3,(H,14,17)(H,15,16). The first-order chi connectivity index (χ1) is 9.60. The predicted molar refractivity (Wildman–Crippen MR) is 83.7 cm³/mol. The van der Waals surface area contributed by atoms with Gasteiger partial charge in [-0.25, -0.2) is 4.98 Å². The monoisotopic (exact) mass is 316 g/mol. The highest BCUT2D eigenvalue weighted by Crippen LogP contribution is 2.29. The van der Waals surface area contributed by atoms with Gasteiger partial charge in [-0.05, 0) is 19.3 Å². The van der Waals surface area contributed by atoms with E-state index in [0.29, 0.717) is 34.1 Å². The number of hydrogen-bond donors (Lipinski definition) is 3. The molecule has 112 valence electrons. The van der Waals surface area contributed by atoms with Gasteiger partial charge in [0.05, 0.1) is 0 Å². The molecule has 1 unspecified atom stereocenters. The van der Waals surface area contributed by atoms with Gasteiger partial charge in [-0.3, -0.25) is 9.00 Å². The average molecular weight is 316 g/mol. The second-order valence-electron chi connectivity index (χ2n) is 4.69. The Labute approximate surface area is 125 Å². The Morgan fingerprint density at radius 2 is 2.30 bits per heavy atom. The number of rotatable bonds is 7. The average Bonchev–Trinajstić information content (AvgIpc) is 2.74. The minimum atomic E-state index is -0.872. The van der Waals surface area contributed by atoms with Crippen LogP contribution in [-0.2, 0) is 10.8 Å². The van der Waals surface area contributed by atoms with Crippen LogP contribution in [0.4, 0.5) is 10.9 Å². The lowest BCUT2D eigenvalue weighted by molar-refractivity contribution is 0.0961. The molecule has 1 fully saturated rings. The molecule has 1 heterocycles. The van der Waals surface area contributed by atoms with Crippen molar-refractivity contribution in [1.29, 1.82) is 0 Å². The predicted octanol–water partition coefficient (Wildman–Crippen LogP) is 1.19. The van der Waals surface area contributed by atoms with Gasteiger partial charge in [-0.1, -0.05) is 18.3 Å². The normalized spacial score (nSPS) is 16.4. The molecular formula is C12H20N4O2S2. The van der Waals surface area contributed by atoms with Crippen molar-refractivity contribution in [3.05, 3.63) is 4.88 Å². The highest BCUT2D eigenvalue weighted by atomic mass is 32.2. The Balaban J connectivity index is 1.86. The van der Waals surface area contributed by atoms with Crippen molar-refractivity contribution in [3.8, 4) is 0 Å². The lowest BCUT2D eigenvalue weighted by Crippen LogP contribution is -2.28. The largest absolute Gasteiger partial charge is 0.382 e. The molecule has 0 radical (unpaired) electrons. The minimum absolute atomic E-state index is 0.241. The molecule has 0 saturated heterocycles. The molecule has 20 heavy (non-hydrogen) atoms. The van der Waals surface area contributed by atoms with Crippen LogP contribution in [-0.4, -0.2) is 39.2 Å². The number of nitrogens with zero attached hydrogens (tertiary/aromatic N) is 1. The third-order valence-electron chi connectivity index (χ3n) is 3.23. The zero-order valence-corrected chi connectivity index (χ0v) is 13.1. The number of carbonyl (C=O) groups is 1. The van der Waals surface area contributed by atoms with Crippen molar-refractivity contribution in [1.82, 2.24) is 10.3 Å². The SMILES string of the molecule is CCS(=O)CCNC(=O)c1sc(NC2CCC2)nc1N. The molecule has 1 amide bonds. The van der Waals surface area contributed by atoms with E-state index in [9.17, 15) is 9.00 Å². The zero-order valence-electron chi connectivity index (χ0n) is 11.5. The van der Waals surface area contributed by atoms with E-state index >= 15 is 0 Å². The second kappa shape index (κ2) is 7.03. The number of nitrogen functional groups attached to an aromatic ring is 1. The molecular weight excluding hydrogens is 296 g/mol. The maximum Gasteiger partial charge on any atom is 0.265 e. The quantitative estimate of drug-likeness (QED) is 0.702. The summed E-state index contributed by atoms with van der Waals surface area (Å²) in [5.41, 5.74) is 5.77. The summed E-state index contributed by atoms with van der Waals surface area (Å²) in [4.78, 5) is 16.6. The van der Waals surface area contributed by atoms with Crippen LogP contribution in [0.25, 0.3) is 0 Å². The summed E-state index contributed by atoms with van der Waals surface area (Å²) in [5.74, 6) is 1.09. The van der Waals surface area contributed by atoms with Crippen LogP contribution in [0.5, 0.6) is 0 Å². The fourth-order valence-electron chi connectivity index (χ4n) is 1.79. The molecule has 1 saturated carbocycles. The smallest absolute Gasteiger partial charge is 0.265 e. The number of hydrogen-bond acceptors (Lipinski definition) is 6. The summed E-state index contributed by atoms with van der Waals surface area (Å²) >= 11 is 1.27. The van der Waals surface area contributed by atoms with Crippen LogP contribution in [0, 0.1) is 0 Å². The molecule has 0 spiro atoms. The Morgan fingerprint density at radius 3 is 2.90 bits per heavy atom. The number of aromatic nitrogens is 1. The van der Waals surface area contributed by atoms with Gasteiger partial charge >= 0.3 is 0 Å². The van der Waals surface area contributed by atoms with Crippen LogP contribution >= 0.6 is 11.3 Å². The van der Waals surface area contributed by atoms with Crippen LogP contribution in [0.15, 0.2) is 0 Å². The van der Waals surface area contributed by atoms with E-state index in [1.165, 1.54) is 17.8 Å². The van der Waals surface area contributed by atoms with Gasteiger partial charge in [0.2, 0.25) is 0 Å². The zero-order chi connectivity index (χ0) is 14.5. The van der Waals surface area contributed by atoms with Gasteiger partial charge < -0.3 is 16.4 Å². The summed E-state index contributed by atoms with van der Waals surface area (Å²) in [6.07, 6.45) is 3.52. The van der Waals surface area contributed by atoms with Crippen molar-refractivity contribution in [2.75, 3.05) is 29.1 Å². The third kappa shape index (κ3) is 3.92. The van der Waals surface area contributed by atoms with Crippen molar-refractivity contribution in [2.45, 2.75) is 32.2 Å². The number of anilines is 2. The van der Waals surface area contributed by atoms with E-state index in [2.05, 4.69) is 15.6 Å². The van der Waals surface area contributed by atoms with Gasteiger partial charge in [-0.2, -0.15) is 0 Å². The molecule has 1 aliphatic carbocycles. The highest BCUT2D eigenvalue weighted by molar-refractivity contribution is 7.84. The Bertz CT molecular complexity index is 500. The molecule has 8 heteroatoms. The Morgan fingerprint density at radius 1 is 1.55 bits per heavy atom. The van der Waals surface area contributed by atoms with Crippen LogP contribution in [0.3, 0.4) is 0 Å². The van der Waals surface area contributed by atoms with Crippen LogP contribution in [0.2, 0.25) is 0 Å². The van der Waals surface area contributed by atoms with E-state index in [-0.39, 0.29) is 11.7 Å². The molecule has 0 aromatic carbocycles. The number of nitrogens with one attached hydrogen (secondary N) is 2. The summed E-state index contributed by atoms with van der Waals surface area (Å²) in [6, 6.07) is 0.462. The van der Waals surface area contributed by atoms with Gasteiger partial charge in [-0.15, -0.1) is 0 Å². The fourth-order valence-corrected chi connectivity index (χ4v) is 3.28. The number of thiazole rings is 1. The van der Waals surface area contributed by atoms with Crippen LogP contribution < -0.4 is 16.4 Å². The van der Waals surface area contributed by atoms with E-state index in [1.54, 1.807) is 0 Å². The van der Waals surface area contributed by atoms with Gasteiger partial charge in [0.25, 0.3) is 5.91 Å². The minimum Gasteiger partial charge on any atom is -0.382 e. The van der Waals surface area contributed by atoms with Gasteiger partial charge in [0, 0.05) is 34.9 Å². The maximum atomic E-state index is 12.0. The van der Waals surface area contributed by atoms with Crippen molar-refractivity contribution in [3.63, 3.8) is 0 Å². The van der Waals surface area contributed by atoms with Crippen molar-refractivity contribution >= 4 is 39.0 Å². The molecule has 1 aromatic rings. The van der Waals surface area contributed by atoms with Gasteiger partial charge in [0.15, 0.2) is 5.13 Å².